The van der Waals surface area contributed by atoms with Crippen molar-refractivity contribution in [3.05, 3.63) is 205 Å². The SMILES string of the molecule is CC1(C)c2ccc(-c3ccc(-c4c5ccccc5c(-c5ccc6ccc7ccccc7c6c5)c5ccccc45)cc3)cc2-c2c1c1ccccc1c1ccccc21. The summed E-state index contributed by atoms with van der Waals surface area (Å²) in [6, 6.07) is 72.6. The molecule has 0 amide bonds. The maximum Gasteiger partial charge on any atom is 0.0165 e. The van der Waals surface area contributed by atoms with Crippen LogP contribution in [-0.4, -0.2) is 0 Å². The first-order valence-electron chi connectivity index (χ1n) is 20.1. The lowest BCUT2D eigenvalue weighted by Crippen LogP contribution is -2.15. The molecule has 1 aliphatic rings. The molecule has 0 aromatic heterocycles. The van der Waals surface area contributed by atoms with E-state index in [9.17, 15) is 0 Å². The van der Waals surface area contributed by atoms with Crippen LogP contribution in [0.4, 0.5) is 0 Å². The Morgan fingerprint density at radius 1 is 0.281 bits per heavy atom. The van der Waals surface area contributed by atoms with Crippen LogP contribution in [-0.2, 0) is 5.41 Å². The third-order valence-electron chi connectivity index (χ3n) is 13.0. The second kappa shape index (κ2) is 12.0. The number of hydrogen-bond acceptors (Lipinski definition) is 0. The zero-order valence-electron chi connectivity index (χ0n) is 32.0. The van der Waals surface area contributed by atoms with Gasteiger partial charge in [0.15, 0.2) is 0 Å². The van der Waals surface area contributed by atoms with Gasteiger partial charge >= 0.3 is 0 Å². The minimum absolute atomic E-state index is 0.106. The summed E-state index contributed by atoms with van der Waals surface area (Å²) in [6.45, 7) is 4.80. The molecule has 0 saturated carbocycles. The zero-order valence-corrected chi connectivity index (χ0v) is 32.0. The van der Waals surface area contributed by atoms with Gasteiger partial charge in [-0.1, -0.05) is 196 Å². The molecule has 0 saturated heterocycles. The number of rotatable bonds is 3. The van der Waals surface area contributed by atoms with Gasteiger partial charge in [0.1, 0.15) is 0 Å². The molecular weight excluding hydrogens is 685 g/mol. The Balaban J connectivity index is 1.01. The fraction of sp³-hybridized carbons (Fsp3) is 0.0526. The van der Waals surface area contributed by atoms with E-state index in [0.717, 1.165) is 0 Å². The lowest BCUT2D eigenvalue weighted by molar-refractivity contribution is 0.666. The van der Waals surface area contributed by atoms with E-state index in [0.29, 0.717) is 0 Å². The van der Waals surface area contributed by atoms with Gasteiger partial charge in [-0.15, -0.1) is 0 Å². The lowest BCUT2D eigenvalue weighted by atomic mass is 9.79. The van der Waals surface area contributed by atoms with Gasteiger partial charge in [0.2, 0.25) is 0 Å². The minimum atomic E-state index is -0.106. The molecule has 0 unspecified atom stereocenters. The largest absolute Gasteiger partial charge is 0.0616 e. The summed E-state index contributed by atoms with van der Waals surface area (Å²) in [4.78, 5) is 0. The van der Waals surface area contributed by atoms with Gasteiger partial charge in [-0.25, -0.2) is 0 Å². The standard InChI is InChI=1S/C57H38/c1-57(2)52-32-31-39(33-51(52)55-44-17-7-5-15-42(44)43-16-6-12-22-49(43)56(55)57)35-23-28-38(29-24-35)53-45-18-8-10-20-47(45)54(48-21-11-9-19-46(48)53)40-30-27-37-26-25-36-13-3-4-14-41(36)50(37)34-40/h3-34H,1-2H3. The summed E-state index contributed by atoms with van der Waals surface area (Å²) in [5, 5.41) is 15.6. The third-order valence-corrected chi connectivity index (χ3v) is 13.0. The summed E-state index contributed by atoms with van der Waals surface area (Å²) in [7, 11) is 0. The molecular formula is C57H38. The second-order valence-electron chi connectivity index (χ2n) is 16.4. The molecule has 0 radical (unpaired) electrons. The second-order valence-corrected chi connectivity index (χ2v) is 16.4. The zero-order chi connectivity index (χ0) is 37.8. The number of benzene rings is 11. The fourth-order valence-electron chi connectivity index (χ4n) is 10.4. The number of fused-ring (bicyclic) bond motifs is 13. The van der Waals surface area contributed by atoms with Crippen LogP contribution in [0.1, 0.15) is 25.0 Å². The van der Waals surface area contributed by atoms with Crippen molar-refractivity contribution in [2.24, 2.45) is 0 Å². The summed E-state index contributed by atoms with van der Waals surface area (Å²) < 4.78 is 0. The van der Waals surface area contributed by atoms with Crippen LogP contribution < -0.4 is 0 Å². The normalized spacial score (nSPS) is 13.2. The van der Waals surface area contributed by atoms with Gasteiger partial charge in [0, 0.05) is 5.41 Å². The highest BCUT2D eigenvalue weighted by atomic mass is 14.4. The van der Waals surface area contributed by atoms with Gasteiger partial charge in [0.25, 0.3) is 0 Å². The van der Waals surface area contributed by atoms with Crippen LogP contribution >= 0.6 is 0 Å². The maximum atomic E-state index is 2.45. The first-order chi connectivity index (χ1) is 28.0. The smallest absolute Gasteiger partial charge is 0.0165 e. The molecule has 0 N–H and O–H groups in total. The first kappa shape index (κ1) is 32.2. The van der Waals surface area contributed by atoms with Crippen molar-refractivity contribution < 1.29 is 0 Å². The molecule has 0 spiro atoms. The van der Waals surface area contributed by atoms with E-state index in [4.69, 9.17) is 0 Å². The summed E-state index contributed by atoms with van der Waals surface area (Å²) in [5.41, 5.74) is 13.0. The molecule has 0 bridgehead atoms. The highest BCUT2D eigenvalue weighted by Gasteiger charge is 2.38. The Labute approximate surface area is 332 Å². The van der Waals surface area contributed by atoms with Gasteiger partial charge in [-0.05, 0) is 132 Å². The highest BCUT2D eigenvalue weighted by Crippen LogP contribution is 2.55. The Bertz CT molecular complexity index is 3410. The van der Waals surface area contributed by atoms with Crippen molar-refractivity contribution in [1.29, 1.82) is 0 Å². The Morgan fingerprint density at radius 3 is 1.33 bits per heavy atom. The predicted molar refractivity (Wildman–Crippen MR) is 245 cm³/mol. The van der Waals surface area contributed by atoms with Gasteiger partial charge in [0.05, 0.1) is 0 Å². The monoisotopic (exact) mass is 722 g/mol. The molecule has 1 aliphatic carbocycles. The molecule has 0 aliphatic heterocycles. The van der Waals surface area contributed by atoms with Crippen LogP contribution in [0, 0.1) is 0 Å². The van der Waals surface area contributed by atoms with Gasteiger partial charge in [-0.2, -0.15) is 0 Å². The Morgan fingerprint density at radius 2 is 0.702 bits per heavy atom. The van der Waals surface area contributed by atoms with E-state index in [1.165, 1.54) is 120 Å². The van der Waals surface area contributed by atoms with Crippen molar-refractivity contribution in [2.45, 2.75) is 19.3 Å². The topological polar surface area (TPSA) is 0 Å². The molecule has 0 fully saturated rings. The van der Waals surface area contributed by atoms with E-state index in [1.807, 2.05) is 0 Å². The Kier molecular flexibility index (Phi) is 6.78. The van der Waals surface area contributed by atoms with E-state index >= 15 is 0 Å². The molecule has 266 valence electrons. The molecule has 11 aromatic rings. The Hall–Kier alpha value is -7.02. The third kappa shape index (κ3) is 4.62. The number of hydrogen-bond donors (Lipinski definition) is 0. The van der Waals surface area contributed by atoms with Crippen molar-refractivity contribution in [2.75, 3.05) is 0 Å². The summed E-state index contributed by atoms with van der Waals surface area (Å²) in [5.74, 6) is 0. The maximum absolute atomic E-state index is 2.45. The van der Waals surface area contributed by atoms with E-state index in [1.54, 1.807) is 0 Å². The molecule has 0 heteroatoms. The van der Waals surface area contributed by atoms with E-state index in [-0.39, 0.29) is 5.41 Å². The van der Waals surface area contributed by atoms with Gasteiger partial charge < -0.3 is 0 Å². The van der Waals surface area contributed by atoms with Crippen molar-refractivity contribution in [3.8, 4) is 44.5 Å². The van der Waals surface area contributed by atoms with E-state index in [2.05, 4.69) is 208 Å². The quantitative estimate of drug-likeness (QED) is 0.126. The first-order valence-corrected chi connectivity index (χ1v) is 20.1. The van der Waals surface area contributed by atoms with Crippen molar-refractivity contribution in [1.82, 2.24) is 0 Å². The molecule has 12 rings (SSSR count). The van der Waals surface area contributed by atoms with Crippen LogP contribution in [0.5, 0.6) is 0 Å². The minimum Gasteiger partial charge on any atom is -0.0616 e. The van der Waals surface area contributed by atoms with Crippen molar-refractivity contribution in [3.63, 3.8) is 0 Å². The average molecular weight is 723 g/mol. The molecule has 0 nitrogen and oxygen atoms in total. The van der Waals surface area contributed by atoms with Crippen molar-refractivity contribution >= 4 is 64.6 Å². The lowest BCUT2D eigenvalue weighted by Gasteiger charge is -2.24. The molecule has 11 aromatic carbocycles. The highest BCUT2D eigenvalue weighted by molar-refractivity contribution is 6.23. The van der Waals surface area contributed by atoms with Crippen LogP contribution in [0.2, 0.25) is 0 Å². The summed E-state index contributed by atoms with van der Waals surface area (Å²) >= 11 is 0. The average Bonchev–Trinajstić information content (AvgIpc) is 3.51. The van der Waals surface area contributed by atoms with Crippen LogP contribution in [0.25, 0.3) is 109 Å². The van der Waals surface area contributed by atoms with E-state index < -0.39 is 0 Å². The molecule has 0 heterocycles. The predicted octanol–water partition coefficient (Wildman–Crippen LogP) is 15.9. The summed E-state index contributed by atoms with van der Waals surface area (Å²) in [6.07, 6.45) is 0. The molecule has 0 atom stereocenters. The van der Waals surface area contributed by atoms with Crippen LogP contribution in [0.3, 0.4) is 0 Å². The fourth-order valence-corrected chi connectivity index (χ4v) is 10.4. The molecule has 57 heavy (non-hydrogen) atoms. The van der Waals surface area contributed by atoms with Crippen LogP contribution in [0.15, 0.2) is 194 Å². The van der Waals surface area contributed by atoms with Gasteiger partial charge in [-0.3, -0.25) is 0 Å².